The predicted molar refractivity (Wildman–Crippen MR) is 162 cm³/mol. The van der Waals surface area contributed by atoms with Crippen LogP contribution in [0.5, 0.6) is 5.75 Å². The lowest BCUT2D eigenvalue weighted by Gasteiger charge is -2.25. The van der Waals surface area contributed by atoms with Crippen LogP contribution in [0.25, 0.3) is 6.08 Å². The number of aromatic nitrogens is 1. The summed E-state index contributed by atoms with van der Waals surface area (Å²) in [5.74, 6) is 0.340. The summed E-state index contributed by atoms with van der Waals surface area (Å²) in [6.07, 6.45) is 1.89. The van der Waals surface area contributed by atoms with E-state index in [1.807, 2.05) is 79.7 Å². The topological polar surface area (TPSA) is 75.9 Å². The van der Waals surface area contributed by atoms with Crippen molar-refractivity contribution >= 4 is 34.7 Å². The van der Waals surface area contributed by atoms with E-state index in [1.165, 1.54) is 11.3 Å². The van der Waals surface area contributed by atoms with Crippen LogP contribution in [-0.4, -0.2) is 30.7 Å². The molecular formula is C32H32N4O3S. The van der Waals surface area contributed by atoms with Crippen molar-refractivity contribution in [3.8, 4) is 5.75 Å². The van der Waals surface area contributed by atoms with Crippen molar-refractivity contribution < 1.29 is 9.53 Å². The van der Waals surface area contributed by atoms with Crippen molar-refractivity contribution in [2.45, 2.75) is 26.8 Å². The highest BCUT2D eigenvalue weighted by molar-refractivity contribution is 7.07. The van der Waals surface area contributed by atoms with Gasteiger partial charge in [-0.3, -0.25) is 14.2 Å². The van der Waals surface area contributed by atoms with E-state index in [0.717, 1.165) is 29.9 Å². The first-order valence-electron chi connectivity index (χ1n) is 13.3. The number of anilines is 2. The Morgan fingerprint density at radius 3 is 2.45 bits per heavy atom. The number of amides is 1. The van der Waals surface area contributed by atoms with Gasteiger partial charge in [0.15, 0.2) is 4.80 Å². The molecule has 1 aliphatic heterocycles. The number of para-hydroxylation sites is 1. The zero-order valence-corrected chi connectivity index (χ0v) is 23.9. The number of carbonyl (C=O) groups is 1. The average molecular weight is 553 g/mol. The van der Waals surface area contributed by atoms with Crippen molar-refractivity contribution in [3.05, 3.63) is 121 Å². The number of methoxy groups -OCH3 is 1. The third-order valence-electron chi connectivity index (χ3n) is 7.03. The molecule has 40 heavy (non-hydrogen) atoms. The van der Waals surface area contributed by atoms with Gasteiger partial charge in [-0.2, -0.15) is 0 Å². The molecule has 204 valence electrons. The van der Waals surface area contributed by atoms with Gasteiger partial charge in [-0.05, 0) is 74.4 Å². The molecule has 5 rings (SSSR count). The molecule has 8 heteroatoms. The number of fused-ring (bicyclic) bond motifs is 1. The molecule has 0 saturated heterocycles. The van der Waals surface area contributed by atoms with Crippen LogP contribution in [0.15, 0.2) is 99.9 Å². The fraction of sp³-hybridized carbons (Fsp3) is 0.219. The number of ether oxygens (including phenoxy) is 1. The smallest absolute Gasteiger partial charge is 0.271 e. The van der Waals surface area contributed by atoms with Crippen LogP contribution >= 0.6 is 11.3 Å². The number of carbonyl (C=O) groups excluding carboxylic acids is 1. The molecule has 2 heterocycles. The van der Waals surface area contributed by atoms with Crippen LogP contribution in [0.3, 0.4) is 0 Å². The summed E-state index contributed by atoms with van der Waals surface area (Å²) in [6, 6.07) is 24.3. The minimum absolute atomic E-state index is 0.193. The van der Waals surface area contributed by atoms with E-state index in [4.69, 9.17) is 9.73 Å². The molecule has 0 saturated carbocycles. The molecule has 1 aliphatic rings. The van der Waals surface area contributed by atoms with E-state index in [-0.39, 0.29) is 11.5 Å². The van der Waals surface area contributed by atoms with Crippen molar-refractivity contribution in [3.63, 3.8) is 0 Å². The number of allylic oxidation sites excluding steroid dienone is 1. The maximum atomic E-state index is 13.9. The second-order valence-corrected chi connectivity index (χ2v) is 10.5. The van der Waals surface area contributed by atoms with Gasteiger partial charge in [0.1, 0.15) is 5.75 Å². The molecule has 0 aliphatic carbocycles. The van der Waals surface area contributed by atoms with Crippen LogP contribution in [0.1, 0.15) is 37.9 Å². The molecule has 1 amide bonds. The summed E-state index contributed by atoms with van der Waals surface area (Å²) in [7, 11) is 1.60. The Morgan fingerprint density at radius 2 is 1.77 bits per heavy atom. The quantitative estimate of drug-likeness (QED) is 0.343. The van der Waals surface area contributed by atoms with E-state index in [0.29, 0.717) is 32.0 Å². The highest BCUT2D eigenvalue weighted by Crippen LogP contribution is 2.32. The van der Waals surface area contributed by atoms with Crippen LogP contribution in [0.4, 0.5) is 11.4 Å². The van der Waals surface area contributed by atoms with E-state index in [2.05, 4.69) is 36.2 Å². The monoisotopic (exact) mass is 552 g/mol. The van der Waals surface area contributed by atoms with E-state index in [9.17, 15) is 9.59 Å². The summed E-state index contributed by atoms with van der Waals surface area (Å²) in [5, 5.41) is 2.98. The molecule has 4 aromatic rings. The molecule has 7 nitrogen and oxygen atoms in total. The van der Waals surface area contributed by atoms with E-state index < -0.39 is 6.04 Å². The van der Waals surface area contributed by atoms with Crippen molar-refractivity contribution in [1.29, 1.82) is 0 Å². The van der Waals surface area contributed by atoms with Crippen LogP contribution in [-0.2, 0) is 4.79 Å². The standard InChI is InChI=1S/C32H32N4O3S/c1-5-35(6-2)25-17-15-22(16-18-25)19-27-31(38)36-29(23-11-10-14-26(20-23)39-4)28(21(3)33-32(36)40-27)30(37)34-24-12-8-7-9-13-24/h7-20,29H,5-6H2,1-4H3,(H,34,37)/b27-19-/t29-/m1/s1. The fourth-order valence-corrected chi connectivity index (χ4v) is 6.03. The Labute approximate surface area is 237 Å². The Hall–Kier alpha value is -4.43. The zero-order chi connectivity index (χ0) is 28.2. The molecular weight excluding hydrogens is 520 g/mol. The van der Waals surface area contributed by atoms with Gasteiger partial charge in [-0.25, -0.2) is 4.99 Å². The lowest BCUT2D eigenvalue weighted by molar-refractivity contribution is -0.113. The number of benzene rings is 3. The summed E-state index contributed by atoms with van der Waals surface area (Å²) in [5.41, 5.74) is 4.30. The van der Waals surface area contributed by atoms with Gasteiger partial charge in [-0.15, -0.1) is 0 Å². The molecule has 0 bridgehead atoms. The van der Waals surface area contributed by atoms with E-state index >= 15 is 0 Å². The Bertz CT molecular complexity index is 1730. The van der Waals surface area contributed by atoms with Gasteiger partial charge in [0, 0.05) is 24.5 Å². The third-order valence-corrected chi connectivity index (χ3v) is 8.01. The summed E-state index contributed by atoms with van der Waals surface area (Å²) in [6.45, 7) is 7.94. The van der Waals surface area contributed by atoms with Gasteiger partial charge in [0.05, 0.1) is 29.0 Å². The molecule has 1 aromatic heterocycles. The first-order valence-corrected chi connectivity index (χ1v) is 14.1. The zero-order valence-electron chi connectivity index (χ0n) is 23.0. The first kappa shape index (κ1) is 27.1. The normalized spacial score (nSPS) is 14.9. The number of nitrogens with one attached hydrogen (secondary N) is 1. The molecule has 1 N–H and O–H groups in total. The molecule has 0 spiro atoms. The van der Waals surface area contributed by atoms with Gasteiger partial charge in [0.25, 0.3) is 11.5 Å². The van der Waals surface area contributed by atoms with Crippen LogP contribution in [0.2, 0.25) is 0 Å². The van der Waals surface area contributed by atoms with Crippen molar-refractivity contribution in [1.82, 2.24) is 4.57 Å². The second-order valence-electron chi connectivity index (χ2n) is 9.44. The number of nitrogens with zero attached hydrogens (tertiary/aromatic N) is 3. The van der Waals surface area contributed by atoms with Gasteiger partial charge >= 0.3 is 0 Å². The maximum Gasteiger partial charge on any atom is 0.271 e. The first-order chi connectivity index (χ1) is 19.4. The number of thiazole rings is 1. The third kappa shape index (κ3) is 5.35. The summed E-state index contributed by atoms with van der Waals surface area (Å²) >= 11 is 1.33. The Kier molecular flexibility index (Phi) is 7.98. The number of hydrogen-bond acceptors (Lipinski definition) is 6. The Morgan fingerprint density at radius 1 is 1.05 bits per heavy atom. The van der Waals surface area contributed by atoms with Crippen molar-refractivity contribution in [2.75, 3.05) is 30.4 Å². The average Bonchev–Trinajstić information content (AvgIpc) is 3.28. The van der Waals surface area contributed by atoms with Gasteiger partial charge < -0.3 is 15.0 Å². The van der Waals surface area contributed by atoms with Gasteiger partial charge in [0.2, 0.25) is 0 Å². The SMILES string of the molecule is CCN(CC)c1ccc(/C=c2\sc3n(c2=O)[C@H](c2cccc(OC)c2)C(C(=O)Nc2ccccc2)=C(C)N=3)cc1. The number of rotatable bonds is 8. The Balaban J connectivity index is 1.62. The maximum absolute atomic E-state index is 13.9. The minimum Gasteiger partial charge on any atom is -0.497 e. The molecule has 0 unspecified atom stereocenters. The molecule has 0 fully saturated rings. The van der Waals surface area contributed by atoms with Crippen LogP contribution in [0, 0.1) is 0 Å². The fourth-order valence-electron chi connectivity index (χ4n) is 4.98. The highest BCUT2D eigenvalue weighted by Gasteiger charge is 2.32. The lowest BCUT2D eigenvalue weighted by atomic mass is 9.95. The predicted octanol–water partition coefficient (Wildman–Crippen LogP) is 4.73. The molecule has 1 atom stereocenters. The lowest BCUT2D eigenvalue weighted by Crippen LogP contribution is -2.40. The van der Waals surface area contributed by atoms with Crippen LogP contribution < -0.4 is 29.8 Å². The molecule has 3 aromatic carbocycles. The summed E-state index contributed by atoms with van der Waals surface area (Å²) < 4.78 is 7.66. The number of hydrogen-bond donors (Lipinski definition) is 1. The van der Waals surface area contributed by atoms with E-state index in [1.54, 1.807) is 11.7 Å². The second kappa shape index (κ2) is 11.8. The minimum atomic E-state index is -0.665. The largest absolute Gasteiger partial charge is 0.497 e. The van der Waals surface area contributed by atoms with Crippen molar-refractivity contribution in [2.24, 2.45) is 4.99 Å². The highest BCUT2D eigenvalue weighted by atomic mass is 32.1. The van der Waals surface area contributed by atoms with Gasteiger partial charge in [-0.1, -0.05) is 53.8 Å². The summed E-state index contributed by atoms with van der Waals surface area (Å²) in [4.78, 5) is 35.2. The molecule has 0 radical (unpaired) electrons.